The van der Waals surface area contributed by atoms with Gasteiger partial charge in [-0.15, -0.1) is 12.4 Å². The van der Waals surface area contributed by atoms with Gasteiger partial charge in [-0.05, 0) is 56.3 Å². The van der Waals surface area contributed by atoms with Gasteiger partial charge in [0.05, 0.1) is 0 Å². The molecule has 23 heavy (non-hydrogen) atoms. The predicted molar refractivity (Wildman–Crippen MR) is 96.1 cm³/mol. The van der Waals surface area contributed by atoms with Gasteiger partial charge in [-0.3, -0.25) is 4.79 Å². The number of carbonyl (C=O) groups excluding carboxylic acids is 1. The highest BCUT2D eigenvalue weighted by Crippen LogP contribution is 2.55. The topological polar surface area (TPSA) is 29.1 Å². The Morgan fingerprint density at radius 3 is 2.13 bits per heavy atom. The lowest BCUT2D eigenvalue weighted by molar-refractivity contribution is -0.0206. The molecule has 0 aromatic heterocycles. The number of carbonyl (C=O) groups is 1. The van der Waals surface area contributed by atoms with Crippen molar-refractivity contribution in [2.24, 2.45) is 23.7 Å². The van der Waals surface area contributed by atoms with Crippen molar-refractivity contribution in [3.63, 3.8) is 0 Å². The van der Waals surface area contributed by atoms with Crippen molar-refractivity contribution < 1.29 is 4.79 Å². The Morgan fingerprint density at radius 1 is 1.09 bits per heavy atom. The first-order valence-electron chi connectivity index (χ1n) is 8.98. The number of benzene rings is 1. The summed E-state index contributed by atoms with van der Waals surface area (Å²) in [4.78, 5) is 12.5. The van der Waals surface area contributed by atoms with Crippen LogP contribution in [0, 0.1) is 23.7 Å². The number of nitrogens with one attached hydrogen (secondary N) is 1. The highest BCUT2D eigenvalue weighted by atomic mass is 35.5. The fourth-order valence-electron chi connectivity index (χ4n) is 5.68. The van der Waals surface area contributed by atoms with Gasteiger partial charge in [-0.2, -0.15) is 0 Å². The van der Waals surface area contributed by atoms with Gasteiger partial charge in [0.1, 0.15) is 0 Å². The lowest BCUT2D eigenvalue weighted by atomic mass is 9.53. The van der Waals surface area contributed by atoms with Gasteiger partial charge in [-0.25, -0.2) is 0 Å². The number of hydrogen-bond donors (Lipinski definition) is 1. The van der Waals surface area contributed by atoms with Gasteiger partial charge < -0.3 is 5.32 Å². The molecule has 0 amide bonds. The normalized spacial score (nSPS) is 35.6. The first-order valence-corrected chi connectivity index (χ1v) is 8.98. The van der Waals surface area contributed by atoms with E-state index in [1.807, 2.05) is 30.3 Å². The van der Waals surface area contributed by atoms with Crippen LogP contribution in [0.15, 0.2) is 30.3 Å². The summed E-state index contributed by atoms with van der Waals surface area (Å²) in [7, 11) is 0. The van der Waals surface area contributed by atoms with Crippen molar-refractivity contribution in [2.45, 2.75) is 51.0 Å². The van der Waals surface area contributed by atoms with Gasteiger partial charge in [0.15, 0.2) is 5.78 Å². The Morgan fingerprint density at radius 2 is 1.61 bits per heavy atom. The van der Waals surface area contributed by atoms with Crippen LogP contribution in [0.2, 0.25) is 0 Å². The van der Waals surface area contributed by atoms with Crippen molar-refractivity contribution in [2.75, 3.05) is 6.54 Å². The molecular weight excluding hydrogens is 306 g/mol. The first-order chi connectivity index (χ1) is 10.6. The Balaban J connectivity index is 0.00000156. The van der Waals surface area contributed by atoms with Gasteiger partial charge >= 0.3 is 0 Å². The van der Waals surface area contributed by atoms with Gasteiger partial charge in [0.2, 0.25) is 0 Å². The Labute approximate surface area is 145 Å². The maximum absolute atomic E-state index is 12.5. The molecule has 4 saturated carbocycles. The Kier molecular flexibility index (Phi) is 4.85. The summed E-state index contributed by atoms with van der Waals surface area (Å²) in [6.07, 6.45) is 8.47. The number of rotatable bonds is 5. The summed E-state index contributed by atoms with van der Waals surface area (Å²) < 4.78 is 0. The minimum atomic E-state index is 0. The third-order valence-corrected chi connectivity index (χ3v) is 6.33. The van der Waals surface area contributed by atoms with E-state index in [4.69, 9.17) is 0 Å². The molecule has 4 bridgehead atoms. The zero-order valence-electron chi connectivity index (χ0n) is 14.0. The van der Waals surface area contributed by atoms with Crippen LogP contribution in [-0.4, -0.2) is 17.9 Å². The molecule has 1 aromatic carbocycles. The molecule has 3 heteroatoms. The molecule has 0 heterocycles. The molecule has 0 radical (unpaired) electrons. The van der Waals surface area contributed by atoms with E-state index < -0.39 is 0 Å². The third-order valence-electron chi connectivity index (χ3n) is 6.33. The molecule has 1 N–H and O–H groups in total. The van der Waals surface area contributed by atoms with Gasteiger partial charge in [-0.1, -0.05) is 37.3 Å². The molecule has 1 atom stereocenters. The average Bonchev–Trinajstić information content (AvgIpc) is 2.51. The summed E-state index contributed by atoms with van der Waals surface area (Å²) in [6, 6.07) is 9.74. The van der Waals surface area contributed by atoms with Crippen LogP contribution in [0.3, 0.4) is 0 Å². The molecule has 4 aliphatic carbocycles. The summed E-state index contributed by atoms with van der Waals surface area (Å²) in [5.41, 5.74) is 1.21. The van der Waals surface area contributed by atoms with E-state index >= 15 is 0 Å². The van der Waals surface area contributed by atoms with Crippen molar-refractivity contribution in [1.82, 2.24) is 5.32 Å². The molecule has 0 aliphatic heterocycles. The van der Waals surface area contributed by atoms with Gasteiger partial charge in [0, 0.05) is 23.6 Å². The molecule has 5 rings (SSSR count). The van der Waals surface area contributed by atoms with Crippen LogP contribution in [0.1, 0.15) is 55.8 Å². The molecule has 1 aromatic rings. The molecule has 2 nitrogen and oxygen atoms in total. The summed E-state index contributed by atoms with van der Waals surface area (Å²) in [5, 5.41) is 3.86. The molecule has 1 unspecified atom stereocenters. The van der Waals surface area contributed by atoms with E-state index in [1.54, 1.807) is 0 Å². The van der Waals surface area contributed by atoms with Crippen LogP contribution >= 0.6 is 12.4 Å². The van der Waals surface area contributed by atoms with Crippen LogP contribution in [0.5, 0.6) is 0 Å². The van der Waals surface area contributed by atoms with Gasteiger partial charge in [0.25, 0.3) is 0 Å². The maximum atomic E-state index is 12.5. The molecule has 4 aliphatic rings. The van der Waals surface area contributed by atoms with E-state index in [1.165, 1.54) is 38.5 Å². The highest BCUT2D eigenvalue weighted by molar-refractivity contribution is 5.97. The second-order valence-electron chi connectivity index (χ2n) is 8.21. The number of ketones is 1. The standard InChI is InChI=1S/C20H27NO.ClH/c1-14(19(22)18-5-3-2-4-6-18)13-21-20-10-15-7-16(11-20)9-17(8-15)12-20;/h2-6,14-17,21H,7-13H2,1H3;1H. The second-order valence-corrected chi connectivity index (χ2v) is 8.21. The zero-order valence-corrected chi connectivity index (χ0v) is 14.8. The summed E-state index contributed by atoms with van der Waals surface area (Å²) >= 11 is 0. The highest BCUT2D eigenvalue weighted by Gasteiger charge is 2.50. The maximum Gasteiger partial charge on any atom is 0.166 e. The van der Waals surface area contributed by atoms with Crippen molar-refractivity contribution in [1.29, 1.82) is 0 Å². The third kappa shape index (κ3) is 3.34. The molecule has 126 valence electrons. The number of halogens is 1. The smallest absolute Gasteiger partial charge is 0.166 e. The fraction of sp³-hybridized carbons (Fsp3) is 0.650. The Bertz CT molecular complexity index is 521. The van der Waals surface area contributed by atoms with Crippen LogP contribution in [0.4, 0.5) is 0 Å². The lowest BCUT2D eigenvalue weighted by Crippen LogP contribution is -2.59. The average molecular weight is 334 g/mol. The SMILES string of the molecule is CC(CNC12CC3CC(CC(C3)C1)C2)C(=O)c1ccccc1.Cl. The van der Waals surface area contributed by atoms with E-state index in [2.05, 4.69) is 12.2 Å². The van der Waals surface area contributed by atoms with E-state index in [-0.39, 0.29) is 24.1 Å². The van der Waals surface area contributed by atoms with E-state index in [0.717, 1.165) is 29.9 Å². The largest absolute Gasteiger partial charge is 0.310 e. The predicted octanol–water partition coefficient (Wildman–Crippen LogP) is 4.49. The molecule has 4 fully saturated rings. The molecular formula is C20H28ClNO. The van der Waals surface area contributed by atoms with Crippen molar-refractivity contribution >= 4 is 18.2 Å². The van der Waals surface area contributed by atoms with Crippen molar-refractivity contribution in [3.8, 4) is 0 Å². The van der Waals surface area contributed by atoms with Crippen LogP contribution in [-0.2, 0) is 0 Å². The Hall–Kier alpha value is -0.860. The van der Waals surface area contributed by atoms with Crippen LogP contribution in [0.25, 0.3) is 0 Å². The van der Waals surface area contributed by atoms with E-state index in [9.17, 15) is 4.79 Å². The summed E-state index contributed by atoms with van der Waals surface area (Å²) in [6.45, 7) is 2.91. The monoisotopic (exact) mass is 333 g/mol. The minimum absolute atomic E-state index is 0. The number of Topliss-reactive ketones (excluding diaryl/α,β-unsaturated/α-hetero) is 1. The van der Waals surface area contributed by atoms with Crippen molar-refractivity contribution in [3.05, 3.63) is 35.9 Å². The second kappa shape index (κ2) is 6.57. The lowest BCUT2D eigenvalue weighted by Gasteiger charge is -2.57. The van der Waals surface area contributed by atoms with Crippen LogP contribution < -0.4 is 5.32 Å². The minimum Gasteiger partial charge on any atom is -0.310 e. The number of hydrogen-bond acceptors (Lipinski definition) is 2. The quantitative estimate of drug-likeness (QED) is 0.805. The fourth-order valence-corrected chi connectivity index (χ4v) is 5.68. The summed E-state index contributed by atoms with van der Waals surface area (Å²) in [5.74, 6) is 3.21. The zero-order chi connectivity index (χ0) is 15.2. The molecule has 0 spiro atoms. The first kappa shape index (κ1) is 17.0. The van der Waals surface area contributed by atoms with E-state index in [0.29, 0.717) is 5.54 Å². The molecule has 0 saturated heterocycles.